The monoisotopic (exact) mass is 309 g/mol. The van der Waals surface area contributed by atoms with Gasteiger partial charge in [0.1, 0.15) is 0 Å². The van der Waals surface area contributed by atoms with Gasteiger partial charge in [-0.2, -0.15) is 17.0 Å². The van der Waals surface area contributed by atoms with Crippen LogP contribution in [0.4, 0.5) is 0 Å². The van der Waals surface area contributed by atoms with E-state index in [0.717, 1.165) is 31.5 Å². The first kappa shape index (κ1) is 15.0. The Morgan fingerprint density at radius 1 is 1.29 bits per heavy atom. The van der Waals surface area contributed by atoms with E-state index in [4.69, 9.17) is 0 Å². The van der Waals surface area contributed by atoms with Gasteiger partial charge in [0.05, 0.1) is 6.04 Å². The number of nitrogens with one attached hydrogen (secondary N) is 1. The van der Waals surface area contributed by atoms with Crippen molar-refractivity contribution in [2.75, 3.05) is 26.2 Å². The van der Waals surface area contributed by atoms with Crippen LogP contribution in [0.5, 0.6) is 0 Å². The highest BCUT2D eigenvalue weighted by atomic mass is 32.2. The average molecular weight is 309 g/mol. The van der Waals surface area contributed by atoms with Crippen molar-refractivity contribution in [1.82, 2.24) is 13.9 Å². The summed E-state index contributed by atoms with van der Waals surface area (Å²) in [6, 6.07) is 8.25. The van der Waals surface area contributed by atoms with Crippen LogP contribution in [0.3, 0.4) is 0 Å². The number of fused-ring (bicyclic) bond motifs is 1. The van der Waals surface area contributed by atoms with Gasteiger partial charge in [-0.25, -0.2) is 0 Å². The second-order valence-corrected chi connectivity index (χ2v) is 7.66. The van der Waals surface area contributed by atoms with Crippen molar-refractivity contribution in [3.63, 3.8) is 0 Å². The standard InChI is InChI=1S/C15H23N3O2S/c1-2-8-18(15-10-16-11-15)21(19,20)17-9-7-13-5-3-4-6-14(13)12-17/h3-6,15-16H,2,7-12H2,1H3. The maximum Gasteiger partial charge on any atom is 0.282 e. The van der Waals surface area contributed by atoms with Gasteiger partial charge in [-0.1, -0.05) is 31.2 Å². The maximum absolute atomic E-state index is 12.9. The zero-order valence-electron chi connectivity index (χ0n) is 12.5. The van der Waals surface area contributed by atoms with Gasteiger partial charge in [-0.15, -0.1) is 0 Å². The molecule has 1 N–H and O–H groups in total. The van der Waals surface area contributed by atoms with E-state index in [-0.39, 0.29) is 6.04 Å². The second kappa shape index (κ2) is 6.04. The molecule has 1 saturated heterocycles. The molecule has 0 radical (unpaired) electrons. The lowest BCUT2D eigenvalue weighted by Crippen LogP contribution is -2.61. The lowest BCUT2D eigenvalue weighted by atomic mass is 10.0. The molecule has 0 aromatic heterocycles. The van der Waals surface area contributed by atoms with E-state index >= 15 is 0 Å². The predicted molar refractivity (Wildman–Crippen MR) is 83.1 cm³/mol. The van der Waals surface area contributed by atoms with Crippen molar-refractivity contribution >= 4 is 10.2 Å². The molecule has 1 fully saturated rings. The fraction of sp³-hybridized carbons (Fsp3) is 0.600. The molecule has 5 nitrogen and oxygen atoms in total. The molecule has 3 rings (SSSR count). The van der Waals surface area contributed by atoms with Crippen LogP contribution in [-0.2, 0) is 23.2 Å². The van der Waals surface area contributed by atoms with Crippen molar-refractivity contribution in [3.8, 4) is 0 Å². The molecular formula is C15H23N3O2S. The third-order valence-electron chi connectivity index (χ3n) is 4.33. The summed E-state index contributed by atoms with van der Waals surface area (Å²) in [4.78, 5) is 0. The van der Waals surface area contributed by atoms with Crippen molar-refractivity contribution < 1.29 is 8.42 Å². The molecule has 6 heteroatoms. The Kier molecular flexibility index (Phi) is 4.31. The molecule has 0 atom stereocenters. The molecule has 0 unspecified atom stereocenters. The van der Waals surface area contributed by atoms with Gasteiger partial charge in [0.25, 0.3) is 10.2 Å². The van der Waals surface area contributed by atoms with E-state index in [1.165, 1.54) is 5.56 Å². The quantitative estimate of drug-likeness (QED) is 0.882. The number of hydrogen-bond acceptors (Lipinski definition) is 3. The molecule has 2 heterocycles. The van der Waals surface area contributed by atoms with E-state index in [1.54, 1.807) is 8.61 Å². The summed E-state index contributed by atoms with van der Waals surface area (Å²) in [6.07, 6.45) is 1.65. The molecule has 116 valence electrons. The fourth-order valence-electron chi connectivity index (χ4n) is 3.00. The minimum absolute atomic E-state index is 0.118. The highest BCUT2D eigenvalue weighted by Crippen LogP contribution is 2.24. The molecule has 1 aromatic rings. The van der Waals surface area contributed by atoms with Gasteiger partial charge in [-0.05, 0) is 24.0 Å². The van der Waals surface area contributed by atoms with Gasteiger partial charge in [-0.3, -0.25) is 0 Å². The van der Waals surface area contributed by atoms with Crippen LogP contribution in [0, 0.1) is 0 Å². The van der Waals surface area contributed by atoms with Crippen LogP contribution in [0.2, 0.25) is 0 Å². The van der Waals surface area contributed by atoms with Crippen LogP contribution < -0.4 is 5.32 Å². The maximum atomic E-state index is 12.9. The summed E-state index contributed by atoms with van der Waals surface area (Å²) in [7, 11) is -3.36. The van der Waals surface area contributed by atoms with Gasteiger partial charge in [0, 0.05) is 32.7 Å². The minimum Gasteiger partial charge on any atom is -0.313 e. The van der Waals surface area contributed by atoms with Crippen LogP contribution in [-0.4, -0.2) is 49.2 Å². The molecule has 2 aliphatic rings. The van der Waals surface area contributed by atoms with Crippen molar-refractivity contribution in [1.29, 1.82) is 0 Å². The fourth-order valence-corrected chi connectivity index (χ4v) is 4.86. The molecular weight excluding hydrogens is 286 g/mol. The molecule has 2 aliphatic heterocycles. The van der Waals surface area contributed by atoms with Crippen LogP contribution in [0.25, 0.3) is 0 Å². The largest absolute Gasteiger partial charge is 0.313 e. The third-order valence-corrected chi connectivity index (χ3v) is 6.37. The Morgan fingerprint density at radius 2 is 2.00 bits per heavy atom. The first-order chi connectivity index (χ1) is 10.1. The number of hydrogen-bond donors (Lipinski definition) is 1. The zero-order valence-corrected chi connectivity index (χ0v) is 13.3. The summed E-state index contributed by atoms with van der Waals surface area (Å²) < 4.78 is 29.2. The van der Waals surface area contributed by atoms with E-state index in [1.807, 2.05) is 25.1 Å². The van der Waals surface area contributed by atoms with Crippen LogP contribution in [0.1, 0.15) is 24.5 Å². The molecule has 1 aromatic carbocycles. The summed E-state index contributed by atoms with van der Waals surface area (Å²) in [5.74, 6) is 0. The van der Waals surface area contributed by atoms with E-state index in [2.05, 4.69) is 11.4 Å². The molecule has 21 heavy (non-hydrogen) atoms. The van der Waals surface area contributed by atoms with Crippen molar-refractivity contribution in [3.05, 3.63) is 35.4 Å². The SMILES string of the molecule is CCCN(C1CNC1)S(=O)(=O)N1CCc2ccccc2C1. The highest BCUT2D eigenvalue weighted by molar-refractivity contribution is 7.86. The number of rotatable bonds is 5. The molecule has 0 bridgehead atoms. The third kappa shape index (κ3) is 2.85. The average Bonchev–Trinajstić information content (AvgIpc) is 2.44. The Labute approximate surface area is 127 Å². The molecule has 0 aliphatic carbocycles. The van der Waals surface area contributed by atoms with Gasteiger partial charge in [0.2, 0.25) is 0 Å². The van der Waals surface area contributed by atoms with E-state index in [0.29, 0.717) is 19.6 Å². The van der Waals surface area contributed by atoms with Gasteiger partial charge >= 0.3 is 0 Å². The predicted octanol–water partition coefficient (Wildman–Crippen LogP) is 0.973. The second-order valence-electron chi connectivity index (χ2n) is 5.78. The van der Waals surface area contributed by atoms with Crippen molar-refractivity contribution in [2.45, 2.75) is 32.4 Å². The lowest BCUT2D eigenvalue weighted by molar-refractivity contribution is 0.220. The summed E-state index contributed by atoms with van der Waals surface area (Å²) in [5.41, 5.74) is 2.41. The Morgan fingerprint density at radius 3 is 2.62 bits per heavy atom. The van der Waals surface area contributed by atoms with E-state index in [9.17, 15) is 8.42 Å². The van der Waals surface area contributed by atoms with Crippen molar-refractivity contribution in [2.24, 2.45) is 0 Å². The first-order valence-electron chi connectivity index (χ1n) is 7.67. The Hall–Kier alpha value is -0.950. The van der Waals surface area contributed by atoms with Crippen LogP contribution >= 0.6 is 0 Å². The lowest BCUT2D eigenvalue weighted by Gasteiger charge is -2.40. The zero-order chi connectivity index (χ0) is 14.9. The number of benzene rings is 1. The molecule has 0 spiro atoms. The number of nitrogens with zero attached hydrogens (tertiary/aromatic N) is 2. The summed E-state index contributed by atoms with van der Waals surface area (Å²) in [6.45, 7) is 5.25. The normalized spacial score (nSPS) is 20.3. The van der Waals surface area contributed by atoms with Gasteiger partial charge < -0.3 is 5.32 Å². The Bertz CT molecular complexity index is 599. The smallest absolute Gasteiger partial charge is 0.282 e. The minimum atomic E-state index is -3.36. The van der Waals surface area contributed by atoms with Gasteiger partial charge in [0.15, 0.2) is 0 Å². The first-order valence-corrected chi connectivity index (χ1v) is 9.07. The highest BCUT2D eigenvalue weighted by Gasteiger charge is 2.38. The summed E-state index contributed by atoms with van der Waals surface area (Å²) >= 11 is 0. The summed E-state index contributed by atoms with van der Waals surface area (Å²) in [5, 5.41) is 3.17. The Balaban J connectivity index is 1.81. The van der Waals surface area contributed by atoms with E-state index < -0.39 is 10.2 Å². The van der Waals surface area contributed by atoms with Crippen LogP contribution in [0.15, 0.2) is 24.3 Å². The molecule has 0 amide bonds. The topological polar surface area (TPSA) is 52.7 Å². The molecule has 0 saturated carbocycles.